The summed E-state index contributed by atoms with van der Waals surface area (Å²) in [5.74, 6) is 0. The first-order chi connectivity index (χ1) is 8.10. The molecule has 0 spiro atoms. The Morgan fingerprint density at radius 3 is 2.16 bits per heavy atom. The van der Waals surface area contributed by atoms with Crippen LogP contribution >= 0.6 is 15.2 Å². The van der Waals surface area contributed by atoms with Crippen molar-refractivity contribution in [2.24, 2.45) is 7.05 Å². The van der Waals surface area contributed by atoms with E-state index in [1.807, 2.05) is 0 Å². The molecular weight excluding hydrogens is 317 g/mol. The summed E-state index contributed by atoms with van der Waals surface area (Å²) in [7, 11) is -7.93. The van der Waals surface area contributed by atoms with Gasteiger partial charge in [0.2, 0.25) is 0 Å². The molecule has 0 radical (unpaired) electrons. The third kappa shape index (κ3) is 6.10. The average molecular weight is 333 g/mol. The van der Waals surface area contributed by atoms with E-state index in [9.17, 15) is 9.13 Å². The highest BCUT2D eigenvalue weighted by atomic mass is 35.5. The van der Waals surface area contributed by atoms with Crippen molar-refractivity contribution in [2.45, 2.75) is 18.2 Å². The van der Waals surface area contributed by atoms with Gasteiger partial charge in [0.15, 0.2) is 11.1 Å². The Morgan fingerprint density at radius 1 is 1.26 bits per heavy atom. The number of rotatable bonds is 5. The summed E-state index contributed by atoms with van der Waals surface area (Å²) in [4.78, 5) is 39.7. The van der Waals surface area contributed by atoms with Crippen LogP contribution in [-0.2, 0) is 22.6 Å². The monoisotopic (exact) mass is 332 g/mol. The second kappa shape index (κ2) is 6.90. The second-order valence-electron chi connectivity index (χ2n) is 3.91. The van der Waals surface area contributed by atoms with Gasteiger partial charge in [-0.1, -0.05) is 4.98 Å². The lowest BCUT2D eigenvalue weighted by Crippen LogP contribution is -3.00. The smallest absolute Gasteiger partial charge is 0.340 e. The Morgan fingerprint density at radius 2 is 1.79 bits per heavy atom. The number of nitrogens with zero attached hydrogens (tertiary/aromatic N) is 2. The van der Waals surface area contributed by atoms with Crippen molar-refractivity contribution in [3.8, 4) is 0 Å². The summed E-state index contributed by atoms with van der Waals surface area (Å²) in [6, 6.07) is 1.62. The molecule has 0 aliphatic heterocycles. The fourth-order valence-electron chi connectivity index (χ4n) is 1.41. The van der Waals surface area contributed by atoms with Crippen LogP contribution in [0.4, 0.5) is 0 Å². The zero-order chi connectivity index (χ0) is 14.0. The van der Waals surface area contributed by atoms with Crippen molar-refractivity contribution < 1.29 is 45.7 Å². The van der Waals surface area contributed by atoms with E-state index in [1.165, 1.54) is 6.33 Å². The third-order valence-corrected chi connectivity index (χ3v) is 6.22. The van der Waals surface area contributed by atoms with E-state index in [0.717, 1.165) is 0 Å². The lowest BCUT2D eigenvalue weighted by atomic mass is 10.2. The molecule has 0 aliphatic rings. The van der Waals surface area contributed by atoms with Crippen molar-refractivity contribution in [3.63, 3.8) is 0 Å². The Bertz CT molecular complexity index is 476. The number of hydrogen-bond acceptors (Lipinski definition) is 3. The van der Waals surface area contributed by atoms with Gasteiger partial charge in [0, 0.05) is 12.5 Å². The van der Waals surface area contributed by atoms with Crippen molar-refractivity contribution in [1.82, 2.24) is 4.98 Å². The lowest BCUT2D eigenvalue weighted by Gasteiger charge is -2.18. The van der Waals surface area contributed by atoms with Crippen molar-refractivity contribution in [2.75, 3.05) is 0 Å². The van der Waals surface area contributed by atoms with Crippen LogP contribution in [-0.4, -0.2) is 30.0 Å². The number of halogens is 1. The molecule has 0 fully saturated rings. The fourth-order valence-corrected chi connectivity index (χ4v) is 3.91. The SMILES string of the molecule is C[n+]1ccc(CCC(P(=O)(O)O)P(=O)(O)O)nc1.[Cl-]. The average Bonchev–Trinajstić information content (AvgIpc) is 2.17. The molecule has 0 aromatic carbocycles. The number of aromatic nitrogens is 2. The molecule has 110 valence electrons. The first-order valence-electron chi connectivity index (χ1n) is 5.01. The molecule has 1 aromatic heterocycles. The van der Waals surface area contributed by atoms with Crippen LogP contribution in [0.3, 0.4) is 0 Å². The zero-order valence-corrected chi connectivity index (χ0v) is 12.5. The third-order valence-electron chi connectivity index (χ3n) is 2.34. The van der Waals surface area contributed by atoms with Gasteiger partial charge in [-0.3, -0.25) is 9.13 Å². The predicted octanol–water partition coefficient (Wildman–Crippen LogP) is -3.48. The van der Waals surface area contributed by atoms with Crippen LogP contribution in [0, 0.1) is 0 Å². The van der Waals surface area contributed by atoms with E-state index in [1.54, 1.807) is 23.9 Å². The predicted molar refractivity (Wildman–Crippen MR) is 61.6 cm³/mol. The molecule has 1 heterocycles. The minimum absolute atomic E-state index is 0. The highest BCUT2D eigenvalue weighted by molar-refractivity contribution is 7.70. The van der Waals surface area contributed by atoms with E-state index in [0.29, 0.717) is 5.69 Å². The maximum Gasteiger partial charge on any atom is 0.340 e. The molecule has 0 amide bonds. The van der Waals surface area contributed by atoms with E-state index < -0.39 is 20.6 Å². The van der Waals surface area contributed by atoms with Gasteiger partial charge in [-0.2, -0.15) is 0 Å². The Kier molecular flexibility index (Phi) is 6.78. The summed E-state index contributed by atoms with van der Waals surface area (Å²) in [5.41, 5.74) is 0.514. The molecule has 8 nitrogen and oxygen atoms in total. The number of hydrogen-bond donors (Lipinski definition) is 4. The second-order valence-corrected chi connectivity index (χ2v) is 7.93. The Hall–Kier alpha value is -0.330. The summed E-state index contributed by atoms with van der Waals surface area (Å²) in [5, 5.41) is -1.97. The standard InChI is InChI=1S/C8H14N2O6P2.ClH/c1-10-5-4-7(9-6-10)2-3-8(17(11,12)13)18(14,15)16;/h4-6,8H,2-3H2,1H3,(H3-,11,12,13,14,15,16);1H. The van der Waals surface area contributed by atoms with E-state index in [-0.39, 0.29) is 25.2 Å². The summed E-state index contributed by atoms with van der Waals surface area (Å²) in [6.45, 7) is 0. The van der Waals surface area contributed by atoms with Gasteiger partial charge in [-0.25, -0.2) is 4.57 Å². The molecule has 0 saturated heterocycles. The molecule has 0 atom stereocenters. The maximum absolute atomic E-state index is 11.0. The van der Waals surface area contributed by atoms with E-state index >= 15 is 0 Å². The van der Waals surface area contributed by atoms with Crippen LogP contribution in [0.25, 0.3) is 0 Å². The summed E-state index contributed by atoms with van der Waals surface area (Å²) in [6.07, 6.45) is 2.95. The molecule has 11 heteroatoms. The largest absolute Gasteiger partial charge is 1.00 e. The van der Waals surface area contributed by atoms with Gasteiger partial charge in [-0.15, -0.1) is 0 Å². The van der Waals surface area contributed by atoms with Gasteiger partial charge in [0.05, 0.1) is 13.2 Å². The maximum atomic E-state index is 11.0. The number of aryl methyl sites for hydroxylation is 2. The lowest BCUT2D eigenvalue weighted by molar-refractivity contribution is -0.674. The molecule has 0 saturated carbocycles. The highest BCUT2D eigenvalue weighted by Crippen LogP contribution is 2.61. The molecule has 0 aliphatic carbocycles. The van der Waals surface area contributed by atoms with Crippen molar-refractivity contribution in [1.29, 1.82) is 0 Å². The quantitative estimate of drug-likeness (QED) is 0.325. The van der Waals surface area contributed by atoms with Gasteiger partial charge in [-0.05, 0) is 6.42 Å². The van der Waals surface area contributed by atoms with Crippen LogP contribution in [0.5, 0.6) is 0 Å². The normalized spacial score (nSPS) is 12.3. The van der Waals surface area contributed by atoms with Crippen LogP contribution < -0.4 is 17.0 Å². The highest BCUT2D eigenvalue weighted by Gasteiger charge is 2.42. The van der Waals surface area contributed by atoms with Gasteiger partial charge in [0.1, 0.15) is 0 Å². The topological polar surface area (TPSA) is 132 Å². The zero-order valence-electron chi connectivity index (χ0n) is 10.00. The summed E-state index contributed by atoms with van der Waals surface area (Å²) < 4.78 is 23.7. The van der Waals surface area contributed by atoms with E-state index in [4.69, 9.17) is 19.6 Å². The van der Waals surface area contributed by atoms with Crippen molar-refractivity contribution >= 4 is 15.2 Å². The first-order valence-corrected chi connectivity index (χ1v) is 8.37. The molecule has 19 heavy (non-hydrogen) atoms. The molecule has 1 rings (SSSR count). The molecular formula is C8H15ClN2O6P2. The molecule has 1 aromatic rings. The van der Waals surface area contributed by atoms with Crippen LogP contribution in [0.15, 0.2) is 18.6 Å². The minimum Gasteiger partial charge on any atom is -1.00 e. The van der Waals surface area contributed by atoms with E-state index in [2.05, 4.69) is 4.98 Å². The first kappa shape index (κ1) is 18.7. The Labute approximate surface area is 116 Å². The fraction of sp³-hybridized carbons (Fsp3) is 0.500. The van der Waals surface area contributed by atoms with Gasteiger partial charge in [0.25, 0.3) is 6.33 Å². The molecule has 4 N–H and O–H groups in total. The molecule has 0 unspecified atom stereocenters. The summed E-state index contributed by atoms with van der Waals surface area (Å²) >= 11 is 0. The van der Waals surface area contributed by atoms with Gasteiger partial charge < -0.3 is 32.0 Å². The van der Waals surface area contributed by atoms with Gasteiger partial charge >= 0.3 is 15.2 Å². The van der Waals surface area contributed by atoms with Crippen LogP contribution in [0.2, 0.25) is 0 Å². The Balaban J connectivity index is 0.00000324. The minimum atomic E-state index is -4.84. The van der Waals surface area contributed by atoms with Crippen LogP contribution in [0.1, 0.15) is 12.1 Å². The molecule has 0 bridgehead atoms. The van der Waals surface area contributed by atoms with Crippen molar-refractivity contribution in [3.05, 3.63) is 24.3 Å².